The molecule has 9 nitrogen and oxygen atoms in total. The van der Waals surface area contributed by atoms with E-state index in [0.717, 1.165) is 5.56 Å². The summed E-state index contributed by atoms with van der Waals surface area (Å²) in [6, 6.07) is 5.21. The van der Waals surface area contributed by atoms with Crippen LogP contribution in [0.2, 0.25) is 0 Å². The van der Waals surface area contributed by atoms with Crippen LogP contribution in [-0.4, -0.2) is 44.6 Å². The Morgan fingerprint density at radius 3 is 2.51 bits per heavy atom. The Hall–Kier alpha value is -4.40. The zero-order valence-electron chi connectivity index (χ0n) is 21.3. The highest BCUT2D eigenvalue weighted by Crippen LogP contribution is 2.58. The Labute approximate surface area is 212 Å². The normalized spacial score (nSPS) is 17.5. The van der Waals surface area contributed by atoms with E-state index in [9.17, 15) is 24.6 Å². The van der Waals surface area contributed by atoms with E-state index < -0.39 is 17.2 Å². The predicted molar refractivity (Wildman–Crippen MR) is 134 cm³/mol. The first-order valence-corrected chi connectivity index (χ1v) is 11.8. The number of carbonyl (C=O) groups excluding carboxylic acids is 3. The number of carbonyl (C=O) groups is 3. The second-order valence-electron chi connectivity index (χ2n) is 9.47. The molecule has 0 fully saturated rings. The first-order chi connectivity index (χ1) is 17.5. The maximum atomic E-state index is 14.1. The lowest BCUT2D eigenvalue weighted by Gasteiger charge is -2.27. The van der Waals surface area contributed by atoms with Gasteiger partial charge in [-0.2, -0.15) is 5.10 Å². The standard InChI is InChI=1S/C28H26N2O7/c1-7-15-10-16(8-9-17(15)27(35)36-6)30-18-11-19-28(5,26(34)20(18)13(3)29-30)22-24(33)12(2)23(32)21(14(4)31)25(22)37-19/h8-11,32-33H,7H2,1-6H3/t28-/m0/s1. The zero-order chi connectivity index (χ0) is 27.0. The van der Waals surface area contributed by atoms with Crippen molar-refractivity contribution in [3.05, 3.63) is 68.7 Å². The minimum absolute atomic E-state index is 0.0202. The molecule has 2 aromatic carbocycles. The fourth-order valence-corrected chi connectivity index (χ4v) is 5.30. The van der Waals surface area contributed by atoms with E-state index in [-0.39, 0.29) is 45.5 Å². The third kappa shape index (κ3) is 3.09. The second kappa shape index (κ2) is 8.06. The maximum absolute atomic E-state index is 14.1. The number of ether oxygens (including phenoxy) is 2. The van der Waals surface area contributed by atoms with Crippen LogP contribution in [0.25, 0.3) is 11.8 Å². The van der Waals surface area contributed by atoms with Crippen molar-refractivity contribution in [2.24, 2.45) is 0 Å². The molecule has 9 heteroatoms. The molecular formula is C28H26N2O7. The smallest absolute Gasteiger partial charge is 0.338 e. The van der Waals surface area contributed by atoms with Gasteiger partial charge in [0.1, 0.15) is 34.0 Å². The van der Waals surface area contributed by atoms with Gasteiger partial charge in [-0.3, -0.25) is 9.59 Å². The minimum atomic E-state index is -1.42. The Bertz CT molecular complexity index is 1590. The number of methoxy groups -OCH3 is 1. The SMILES string of the molecule is CCc1cc(-n2nc(C)c3c2C=C2Oc4c(C(C)=O)c(O)c(C)c(O)c4[C@@]2(C)C3=O)ccc1C(=O)OC. The number of fused-ring (bicyclic) bond motifs is 4. The molecule has 2 N–H and O–H groups in total. The number of phenols is 2. The summed E-state index contributed by atoms with van der Waals surface area (Å²) in [5, 5.41) is 26.2. The fourth-order valence-electron chi connectivity index (χ4n) is 5.30. The molecule has 3 aromatic rings. The number of Topliss-reactive ketones (excluding diaryl/α,β-unsaturated/α-hetero) is 2. The van der Waals surface area contributed by atoms with Gasteiger partial charge < -0.3 is 19.7 Å². The number of allylic oxidation sites excluding steroid dienone is 1. The molecule has 0 radical (unpaired) electrons. The molecule has 1 aromatic heterocycles. The maximum Gasteiger partial charge on any atom is 0.338 e. The van der Waals surface area contributed by atoms with E-state index in [4.69, 9.17) is 9.47 Å². The Morgan fingerprint density at radius 1 is 1.19 bits per heavy atom. The van der Waals surface area contributed by atoms with Gasteiger partial charge in [-0.15, -0.1) is 0 Å². The van der Waals surface area contributed by atoms with Crippen LogP contribution < -0.4 is 4.74 Å². The van der Waals surface area contributed by atoms with Crippen LogP contribution in [0.5, 0.6) is 17.2 Å². The minimum Gasteiger partial charge on any atom is -0.507 e. The molecule has 0 saturated heterocycles. The molecule has 2 heterocycles. The molecule has 0 amide bonds. The molecule has 1 aliphatic carbocycles. The molecule has 37 heavy (non-hydrogen) atoms. The molecule has 190 valence electrons. The van der Waals surface area contributed by atoms with E-state index in [1.807, 2.05) is 13.0 Å². The summed E-state index contributed by atoms with van der Waals surface area (Å²) in [5.41, 5.74) is 1.90. The van der Waals surface area contributed by atoms with Gasteiger partial charge in [-0.1, -0.05) is 6.92 Å². The summed E-state index contributed by atoms with van der Waals surface area (Å²) >= 11 is 0. The van der Waals surface area contributed by atoms with Gasteiger partial charge >= 0.3 is 5.97 Å². The highest BCUT2D eigenvalue weighted by atomic mass is 16.5. The largest absolute Gasteiger partial charge is 0.507 e. The van der Waals surface area contributed by atoms with Gasteiger partial charge in [0.2, 0.25) is 0 Å². The van der Waals surface area contributed by atoms with E-state index in [1.165, 1.54) is 21.0 Å². The lowest BCUT2D eigenvalue weighted by atomic mass is 9.71. The first-order valence-electron chi connectivity index (χ1n) is 11.8. The van der Waals surface area contributed by atoms with Gasteiger partial charge in [-0.05, 0) is 57.9 Å². The predicted octanol–water partition coefficient (Wildman–Crippen LogP) is 4.34. The van der Waals surface area contributed by atoms with E-state index in [0.29, 0.717) is 34.6 Å². The molecular weight excluding hydrogens is 476 g/mol. The Kier molecular flexibility index (Phi) is 5.29. The first kappa shape index (κ1) is 24.3. The fraction of sp³-hybridized carbons (Fsp3) is 0.286. The van der Waals surface area contributed by atoms with Crippen molar-refractivity contribution < 1.29 is 34.1 Å². The highest BCUT2D eigenvalue weighted by Gasteiger charge is 2.55. The summed E-state index contributed by atoms with van der Waals surface area (Å²) in [5.74, 6) is -1.72. The molecule has 1 aliphatic heterocycles. The van der Waals surface area contributed by atoms with E-state index in [1.54, 1.807) is 36.7 Å². The number of aromatic hydroxyl groups is 2. The van der Waals surface area contributed by atoms with Crippen molar-refractivity contribution >= 4 is 23.6 Å². The number of benzene rings is 2. The molecule has 5 rings (SSSR count). The third-order valence-electron chi connectivity index (χ3n) is 7.36. The zero-order valence-corrected chi connectivity index (χ0v) is 21.3. The van der Waals surface area contributed by atoms with Crippen LogP contribution in [0.1, 0.15) is 79.9 Å². The molecule has 2 aliphatic rings. The average Bonchev–Trinajstić information content (AvgIpc) is 3.36. The monoisotopic (exact) mass is 502 g/mol. The number of rotatable bonds is 4. The van der Waals surface area contributed by atoms with Gasteiger partial charge in [0.05, 0.1) is 40.9 Å². The number of aryl methyl sites for hydroxylation is 2. The Balaban J connectivity index is 1.74. The molecule has 0 unspecified atom stereocenters. The summed E-state index contributed by atoms with van der Waals surface area (Å²) in [6.45, 7) is 8.04. The van der Waals surface area contributed by atoms with Crippen molar-refractivity contribution in [2.75, 3.05) is 7.11 Å². The van der Waals surface area contributed by atoms with Gasteiger partial charge in [0.15, 0.2) is 11.6 Å². The molecule has 0 spiro atoms. The van der Waals surface area contributed by atoms with Crippen molar-refractivity contribution in [2.45, 2.75) is 46.5 Å². The van der Waals surface area contributed by atoms with Gasteiger partial charge in [0, 0.05) is 11.6 Å². The van der Waals surface area contributed by atoms with Crippen molar-refractivity contribution in [3.63, 3.8) is 0 Å². The molecule has 0 saturated carbocycles. The molecule has 1 atom stereocenters. The third-order valence-corrected chi connectivity index (χ3v) is 7.36. The Morgan fingerprint density at radius 2 is 1.89 bits per heavy atom. The highest BCUT2D eigenvalue weighted by molar-refractivity contribution is 6.14. The number of aromatic nitrogens is 2. The lowest BCUT2D eigenvalue weighted by Crippen LogP contribution is -2.36. The van der Waals surface area contributed by atoms with Crippen LogP contribution in [0.15, 0.2) is 24.0 Å². The topological polar surface area (TPSA) is 128 Å². The van der Waals surface area contributed by atoms with E-state index in [2.05, 4.69) is 5.10 Å². The van der Waals surface area contributed by atoms with Gasteiger partial charge in [-0.25, -0.2) is 9.48 Å². The molecule has 0 bridgehead atoms. The number of ketones is 2. The van der Waals surface area contributed by atoms with Crippen LogP contribution >= 0.6 is 0 Å². The number of phenolic OH excluding ortho intramolecular Hbond substituents is 2. The number of hydrogen-bond acceptors (Lipinski definition) is 8. The lowest BCUT2D eigenvalue weighted by molar-refractivity contribution is 0.0599. The van der Waals surface area contributed by atoms with Crippen LogP contribution in [0, 0.1) is 13.8 Å². The number of nitrogens with zero attached hydrogens (tertiary/aromatic N) is 2. The van der Waals surface area contributed by atoms with Crippen molar-refractivity contribution in [1.82, 2.24) is 9.78 Å². The van der Waals surface area contributed by atoms with E-state index >= 15 is 0 Å². The van der Waals surface area contributed by atoms with Crippen molar-refractivity contribution in [3.8, 4) is 22.9 Å². The van der Waals surface area contributed by atoms with Crippen LogP contribution in [0.4, 0.5) is 0 Å². The number of esters is 1. The summed E-state index contributed by atoms with van der Waals surface area (Å²) in [4.78, 5) is 38.7. The summed E-state index contributed by atoms with van der Waals surface area (Å²) in [7, 11) is 1.33. The average molecular weight is 503 g/mol. The van der Waals surface area contributed by atoms with Crippen LogP contribution in [-0.2, 0) is 16.6 Å². The van der Waals surface area contributed by atoms with Crippen molar-refractivity contribution in [1.29, 1.82) is 0 Å². The second-order valence-corrected chi connectivity index (χ2v) is 9.47. The van der Waals surface area contributed by atoms with Gasteiger partial charge in [0.25, 0.3) is 0 Å². The summed E-state index contributed by atoms with van der Waals surface area (Å²) in [6.07, 6.45) is 2.25. The summed E-state index contributed by atoms with van der Waals surface area (Å²) < 4.78 is 12.5. The quantitative estimate of drug-likeness (QED) is 0.398. The van der Waals surface area contributed by atoms with Crippen LogP contribution in [0.3, 0.4) is 0 Å². The number of hydrogen-bond donors (Lipinski definition) is 2.